The summed E-state index contributed by atoms with van der Waals surface area (Å²) < 4.78 is 18.5. The monoisotopic (exact) mass is 330 g/mol. The summed E-state index contributed by atoms with van der Waals surface area (Å²) in [5.74, 6) is -0.263. The van der Waals surface area contributed by atoms with Gasteiger partial charge in [-0.15, -0.1) is 0 Å². The number of furan rings is 1. The van der Waals surface area contributed by atoms with Crippen molar-refractivity contribution < 1.29 is 18.4 Å². The summed E-state index contributed by atoms with van der Waals surface area (Å²) in [6.45, 7) is 3.16. The fourth-order valence-electron chi connectivity index (χ4n) is 2.77. The summed E-state index contributed by atoms with van der Waals surface area (Å²) in [5, 5.41) is 2.66. The van der Waals surface area contributed by atoms with Crippen LogP contribution in [0.3, 0.4) is 0 Å². The quantitative estimate of drug-likeness (QED) is 0.937. The highest BCUT2D eigenvalue weighted by atomic mass is 19.1. The molecule has 24 heavy (non-hydrogen) atoms. The van der Waals surface area contributed by atoms with Crippen molar-refractivity contribution in [2.75, 3.05) is 13.1 Å². The molecule has 1 fully saturated rings. The Hall–Kier alpha value is -2.63. The number of nitrogens with zero attached hydrogens (tertiary/aromatic N) is 1. The van der Waals surface area contributed by atoms with Gasteiger partial charge in [0.2, 0.25) is 5.91 Å². The van der Waals surface area contributed by atoms with Crippen molar-refractivity contribution >= 4 is 11.8 Å². The zero-order chi connectivity index (χ0) is 17.1. The predicted octanol–water partition coefficient (Wildman–Crippen LogP) is 2.83. The van der Waals surface area contributed by atoms with E-state index < -0.39 is 11.9 Å². The second kappa shape index (κ2) is 6.86. The average molecular weight is 330 g/mol. The fraction of sp³-hybridized carbons (Fsp3) is 0.333. The van der Waals surface area contributed by atoms with Crippen LogP contribution in [-0.2, 0) is 4.79 Å². The van der Waals surface area contributed by atoms with Gasteiger partial charge in [0.1, 0.15) is 17.6 Å². The molecule has 1 aromatic carbocycles. The molecule has 0 radical (unpaired) electrons. The molecule has 1 N–H and O–H groups in total. The molecule has 1 aliphatic rings. The molecule has 1 aliphatic heterocycles. The number of benzene rings is 1. The molecule has 3 rings (SSSR count). The van der Waals surface area contributed by atoms with Crippen LogP contribution in [-0.4, -0.2) is 35.8 Å². The van der Waals surface area contributed by atoms with E-state index in [1.165, 1.54) is 12.1 Å². The van der Waals surface area contributed by atoms with E-state index in [4.69, 9.17) is 4.42 Å². The van der Waals surface area contributed by atoms with Gasteiger partial charge in [0, 0.05) is 18.7 Å². The van der Waals surface area contributed by atoms with Crippen LogP contribution in [0, 0.1) is 5.82 Å². The molecule has 2 amide bonds. The van der Waals surface area contributed by atoms with Gasteiger partial charge in [-0.05, 0) is 56.2 Å². The van der Waals surface area contributed by atoms with Crippen molar-refractivity contribution in [1.82, 2.24) is 10.2 Å². The molecule has 6 heteroatoms. The molecule has 1 unspecified atom stereocenters. The lowest BCUT2D eigenvalue weighted by molar-refractivity contribution is -0.131. The van der Waals surface area contributed by atoms with E-state index >= 15 is 0 Å². The molecule has 1 saturated heterocycles. The normalized spacial score (nSPS) is 15.3. The Balaban J connectivity index is 1.65. The maximum atomic E-state index is 13.0. The number of carbonyl (C=O) groups excluding carboxylic acids is 2. The fourth-order valence-corrected chi connectivity index (χ4v) is 2.77. The highest BCUT2D eigenvalue weighted by Gasteiger charge is 2.25. The molecule has 0 aliphatic carbocycles. The van der Waals surface area contributed by atoms with E-state index in [2.05, 4.69) is 5.32 Å². The van der Waals surface area contributed by atoms with Crippen molar-refractivity contribution in [1.29, 1.82) is 0 Å². The van der Waals surface area contributed by atoms with E-state index in [-0.39, 0.29) is 17.5 Å². The van der Waals surface area contributed by atoms with Gasteiger partial charge in [-0.1, -0.05) is 0 Å². The second-order valence-electron chi connectivity index (χ2n) is 5.90. The molecule has 0 saturated carbocycles. The van der Waals surface area contributed by atoms with Crippen LogP contribution < -0.4 is 5.32 Å². The summed E-state index contributed by atoms with van der Waals surface area (Å²) in [4.78, 5) is 26.2. The van der Waals surface area contributed by atoms with E-state index in [0.717, 1.165) is 25.9 Å². The summed E-state index contributed by atoms with van der Waals surface area (Å²) in [6, 6.07) is 8.40. The third-order valence-corrected chi connectivity index (χ3v) is 4.09. The first-order valence-electron chi connectivity index (χ1n) is 8.00. The molecule has 0 bridgehead atoms. The van der Waals surface area contributed by atoms with Crippen molar-refractivity contribution in [3.63, 3.8) is 0 Å². The number of amides is 2. The van der Waals surface area contributed by atoms with Crippen LogP contribution in [0.15, 0.2) is 40.8 Å². The summed E-state index contributed by atoms with van der Waals surface area (Å²) in [5.41, 5.74) is 0.677. The van der Waals surface area contributed by atoms with Crippen molar-refractivity contribution in [3.05, 3.63) is 48.0 Å². The topological polar surface area (TPSA) is 62.6 Å². The van der Waals surface area contributed by atoms with Crippen molar-refractivity contribution in [2.24, 2.45) is 0 Å². The molecule has 0 spiro atoms. The van der Waals surface area contributed by atoms with Gasteiger partial charge in [-0.3, -0.25) is 9.59 Å². The lowest BCUT2D eigenvalue weighted by Gasteiger charge is -2.20. The first kappa shape index (κ1) is 16.2. The third-order valence-electron chi connectivity index (χ3n) is 4.09. The minimum Gasteiger partial charge on any atom is -0.451 e. The highest BCUT2D eigenvalue weighted by molar-refractivity contribution is 5.95. The third kappa shape index (κ3) is 3.48. The lowest BCUT2D eigenvalue weighted by atomic mass is 10.2. The maximum Gasteiger partial charge on any atom is 0.287 e. The first-order valence-corrected chi connectivity index (χ1v) is 8.00. The standard InChI is InChI=1S/C18H19FN2O3/c1-12(18(23)21-10-2-3-11-21)20-17(22)16-9-8-15(24-16)13-4-6-14(19)7-5-13/h4-9,12H,2-3,10-11H2,1H3,(H,20,22). The number of carbonyl (C=O) groups is 2. The summed E-state index contributed by atoms with van der Waals surface area (Å²) in [6.07, 6.45) is 2.01. The molecule has 2 heterocycles. The number of likely N-dealkylation sites (tertiary alicyclic amines) is 1. The number of hydrogen-bond acceptors (Lipinski definition) is 3. The minimum absolute atomic E-state index is 0.0776. The smallest absolute Gasteiger partial charge is 0.287 e. The van der Waals surface area contributed by atoms with E-state index in [9.17, 15) is 14.0 Å². The van der Waals surface area contributed by atoms with Gasteiger partial charge in [0.15, 0.2) is 5.76 Å². The molecular weight excluding hydrogens is 311 g/mol. The Morgan fingerprint density at radius 3 is 2.46 bits per heavy atom. The van der Waals surface area contributed by atoms with E-state index in [0.29, 0.717) is 11.3 Å². The number of rotatable bonds is 4. The Morgan fingerprint density at radius 2 is 1.79 bits per heavy atom. The van der Waals surface area contributed by atoms with Crippen LogP contribution in [0.1, 0.15) is 30.3 Å². The van der Waals surface area contributed by atoms with E-state index in [1.54, 1.807) is 36.1 Å². The summed E-state index contributed by atoms with van der Waals surface area (Å²) >= 11 is 0. The van der Waals surface area contributed by atoms with Gasteiger partial charge < -0.3 is 14.6 Å². The number of nitrogens with one attached hydrogen (secondary N) is 1. The zero-order valence-corrected chi connectivity index (χ0v) is 13.4. The predicted molar refractivity (Wildman–Crippen MR) is 86.8 cm³/mol. The lowest BCUT2D eigenvalue weighted by Crippen LogP contribution is -2.45. The highest BCUT2D eigenvalue weighted by Crippen LogP contribution is 2.22. The van der Waals surface area contributed by atoms with Crippen molar-refractivity contribution in [3.8, 4) is 11.3 Å². The Labute approximate surface area is 139 Å². The van der Waals surface area contributed by atoms with Crippen LogP contribution in [0.5, 0.6) is 0 Å². The first-order chi connectivity index (χ1) is 11.5. The largest absolute Gasteiger partial charge is 0.451 e. The molecule has 1 aromatic heterocycles. The van der Waals surface area contributed by atoms with Crippen LogP contribution >= 0.6 is 0 Å². The molecular formula is C18H19FN2O3. The van der Waals surface area contributed by atoms with Gasteiger partial charge in [0.25, 0.3) is 5.91 Å². The number of halogens is 1. The molecule has 1 atom stereocenters. The Kier molecular flexibility index (Phi) is 4.64. The second-order valence-corrected chi connectivity index (χ2v) is 5.90. The SMILES string of the molecule is CC(NC(=O)c1ccc(-c2ccc(F)cc2)o1)C(=O)N1CCCC1. The molecule has 126 valence electrons. The maximum absolute atomic E-state index is 13.0. The Bertz CT molecular complexity index is 733. The van der Waals surface area contributed by atoms with E-state index in [1.807, 2.05) is 0 Å². The minimum atomic E-state index is -0.602. The van der Waals surface area contributed by atoms with Gasteiger partial charge in [0.05, 0.1) is 0 Å². The van der Waals surface area contributed by atoms with Gasteiger partial charge in [-0.25, -0.2) is 4.39 Å². The number of hydrogen-bond donors (Lipinski definition) is 1. The zero-order valence-electron chi connectivity index (χ0n) is 13.4. The van der Waals surface area contributed by atoms with Gasteiger partial charge >= 0.3 is 0 Å². The van der Waals surface area contributed by atoms with Gasteiger partial charge in [-0.2, -0.15) is 0 Å². The van der Waals surface area contributed by atoms with Crippen LogP contribution in [0.2, 0.25) is 0 Å². The van der Waals surface area contributed by atoms with Crippen molar-refractivity contribution in [2.45, 2.75) is 25.8 Å². The van der Waals surface area contributed by atoms with Crippen LogP contribution in [0.4, 0.5) is 4.39 Å². The molecule has 5 nitrogen and oxygen atoms in total. The molecule has 2 aromatic rings. The average Bonchev–Trinajstić information content (AvgIpc) is 3.26. The Morgan fingerprint density at radius 1 is 1.12 bits per heavy atom. The van der Waals surface area contributed by atoms with Crippen LogP contribution in [0.25, 0.3) is 11.3 Å². The summed E-state index contributed by atoms with van der Waals surface area (Å²) in [7, 11) is 0.